The van der Waals surface area contributed by atoms with Crippen LogP contribution in [0.2, 0.25) is 0 Å². The zero-order valence-electron chi connectivity index (χ0n) is 14.2. The maximum atomic E-state index is 2.66. The number of hydrogen-bond donors (Lipinski definition) is 1. The average Bonchev–Trinajstić information content (AvgIpc) is 2.78. The lowest BCUT2D eigenvalue weighted by Crippen LogP contribution is -2.88. The van der Waals surface area contributed by atoms with E-state index in [1.54, 1.807) is 22.2 Å². The molecular weight excluding hydrogens is 280 g/mol. The predicted molar refractivity (Wildman–Crippen MR) is 94.9 cm³/mol. The molecule has 1 aromatic heterocycles. The van der Waals surface area contributed by atoms with Crippen LogP contribution in [0.25, 0.3) is 10.9 Å². The number of nitrogens with zero attached hydrogens (tertiary/aromatic N) is 1. The van der Waals surface area contributed by atoms with Gasteiger partial charge in [0.2, 0.25) is 0 Å². The van der Waals surface area contributed by atoms with Gasteiger partial charge in [0, 0.05) is 17.3 Å². The fourth-order valence-electron chi connectivity index (χ4n) is 5.53. The monoisotopic (exact) mass is 309 g/mol. The van der Waals surface area contributed by atoms with Crippen LogP contribution in [0.15, 0.2) is 18.2 Å². The molecule has 2 nitrogen and oxygen atoms in total. The number of aromatic nitrogens is 1. The zero-order valence-corrected chi connectivity index (χ0v) is 14.2. The molecule has 0 bridgehead atoms. The molecule has 0 saturated heterocycles. The largest absolute Gasteiger partial charge is 0.337 e. The summed E-state index contributed by atoms with van der Waals surface area (Å²) in [6, 6.07) is 8.24. The molecule has 5 rings (SSSR count). The zero-order chi connectivity index (χ0) is 15.2. The highest BCUT2D eigenvalue weighted by atomic mass is 15.1. The van der Waals surface area contributed by atoms with Crippen molar-refractivity contribution in [1.82, 2.24) is 4.57 Å². The Hall–Kier alpha value is -1.28. The van der Waals surface area contributed by atoms with Gasteiger partial charge in [0.05, 0.1) is 18.8 Å². The van der Waals surface area contributed by atoms with Gasteiger partial charge < -0.3 is 9.88 Å². The minimum Gasteiger partial charge on any atom is -0.337 e. The van der Waals surface area contributed by atoms with Crippen LogP contribution in [0.1, 0.15) is 80.1 Å². The normalized spacial score (nSPS) is 25.3. The highest BCUT2D eigenvalue weighted by molar-refractivity contribution is 5.87. The van der Waals surface area contributed by atoms with E-state index in [1.165, 1.54) is 76.4 Å². The van der Waals surface area contributed by atoms with Crippen LogP contribution in [0.3, 0.4) is 0 Å². The lowest BCUT2D eigenvalue weighted by Gasteiger charge is -2.27. The average molecular weight is 309 g/mol. The number of benzene rings is 1. The molecule has 122 valence electrons. The van der Waals surface area contributed by atoms with Gasteiger partial charge in [-0.15, -0.1) is 0 Å². The first-order valence-corrected chi connectivity index (χ1v) is 9.90. The van der Waals surface area contributed by atoms with E-state index in [2.05, 4.69) is 28.1 Å². The van der Waals surface area contributed by atoms with Crippen molar-refractivity contribution in [3.05, 3.63) is 35.0 Å². The van der Waals surface area contributed by atoms with Gasteiger partial charge in [-0.25, -0.2) is 0 Å². The van der Waals surface area contributed by atoms with Crippen LogP contribution >= 0.6 is 0 Å². The molecule has 1 saturated carbocycles. The van der Waals surface area contributed by atoms with Gasteiger partial charge in [-0.3, -0.25) is 0 Å². The highest BCUT2D eigenvalue weighted by Gasteiger charge is 2.32. The van der Waals surface area contributed by atoms with Gasteiger partial charge >= 0.3 is 0 Å². The maximum Gasteiger partial charge on any atom is 0.127 e. The third kappa shape index (κ3) is 2.26. The second-order valence-electron chi connectivity index (χ2n) is 8.00. The molecule has 2 aliphatic carbocycles. The summed E-state index contributed by atoms with van der Waals surface area (Å²) in [6.07, 6.45) is 12.6. The van der Waals surface area contributed by atoms with Gasteiger partial charge in [-0.05, 0) is 54.9 Å². The Morgan fingerprint density at radius 3 is 2.70 bits per heavy atom. The van der Waals surface area contributed by atoms with Crippen LogP contribution in [0, 0.1) is 0 Å². The Morgan fingerprint density at radius 2 is 1.83 bits per heavy atom. The van der Waals surface area contributed by atoms with Crippen LogP contribution in [-0.2, 0) is 13.0 Å². The molecule has 1 aromatic carbocycles. The van der Waals surface area contributed by atoms with Crippen molar-refractivity contribution in [2.45, 2.75) is 76.3 Å². The molecule has 2 heteroatoms. The van der Waals surface area contributed by atoms with E-state index in [0.29, 0.717) is 0 Å². The second-order valence-corrected chi connectivity index (χ2v) is 8.00. The van der Waals surface area contributed by atoms with Gasteiger partial charge in [0.25, 0.3) is 0 Å². The van der Waals surface area contributed by atoms with Crippen LogP contribution in [-0.4, -0.2) is 11.1 Å². The lowest BCUT2D eigenvalue weighted by atomic mass is 9.88. The van der Waals surface area contributed by atoms with Gasteiger partial charge in [-0.2, -0.15) is 0 Å². The Bertz CT molecular complexity index is 717. The molecule has 2 aromatic rings. The molecule has 3 aliphatic rings. The minimum atomic E-state index is 0.737. The summed E-state index contributed by atoms with van der Waals surface area (Å²) in [5.41, 5.74) is 6.52. The summed E-state index contributed by atoms with van der Waals surface area (Å²) in [7, 11) is 0. The molecule has 1 aliphatic heterocycles. The van der Waals surface area contributed by atoms with Crippen LogP contribution < -0.4 is 5.32 Å². The molecular formula is C21H29N2+. The van der Waals surface area contributed by atoms with Crippen molar-refractivity contribution in [3.63, 3.8) is 0 Å². The van der Waals surface area contributed by atoms with Crippen LogP contribution in [0.4, 0.5) is 0 Å². The van der Waals surface area contributed by atoms with E-state index >= 15 is 0 Å². The molecule has 1 fully saturated rings. The maximum absolute atomic E-state index is 2.66. The summed E-state index contributed by atoms with van der Waals surface area (Å²) in [6.45, 7) is 2.45. The lowest BCUT2D eigenvalue weighted by molar-refractivity contribution is -0.704. The van der Waals surface area contributed by atoms with Crippen molar-refractivity contribution in [1.29, 1.82) is 0 Å². The predicted octanol–water partition coefficient (Wildman–Crippen LogP) is 4.03. The summed E-state index contributed by atoms with van der Waals surface area (Å²) >= 11 is 0. The highest BCUT2D eigenvalue weighted by Crippen LogP contribution is 2.39. The van der Waals surface area contributed by atoms with Crippen molar-refractivity contribution in [2.24, 2.45) is 0 Å². The number of quaternary nitrogens is 1. The molecule has 23 heavy (non-hydrogen) atoms. The molecule has 2 N–H and O–H groups in total. The Labute approximate surface area is 139 Å². The van der Waals surface area contributed by atoms with Crippen molar-refractivity contribution in [2.75, 3.05) is 6.54 Å². The summed E-state index contributed by atoms with van der Waals surface area (Å²) < 4.78 is 2.66. The Morgan fingerprint density at radius 1 is 0.957 bits per heavy atom. The van der Waals surface area contributed by atoms with Gasteiger partial charge in [0.1, 0.15) is 6.04 Å². The minimum absolute atomic E-state index is 0.737. The van der Waals surface area contributed by atoms with E-state index in [1.807, 2.05) is 0 Å². The number of fused-ring (bicyclic) bond motifs is 3. The summed E-state index contributed by atoms with van der Waals surface area (Å²) in [5.74, 6) is 0.817. The molecule has 0 radical (unpaired) electrons. The topological polar surface area (TPSA) is 21.5 Å². The second kappa shape index (κ2) is 5.66. The fraction of sp³-hybridized carbons (Fsp3) is 0.619. The van der Waals surface area contributed by atoms with E-state index in [9.17, 15) is 0 Å². The smallest absolute Gasteiger partial charge is 0.127 e. The van der Waals surface area contributed by atoms with Gasteiger partial charge in [0.15, 0.2) is 0 Å². The first-order valence-electron chi connectivity index (χ1n) is 9.90. The first-order chi connectivity index (χ1) is 11.4. The Balaban J connectivity index is 1.63. The number of aryl methyl sites for hydroxylation is 1. The van der Waals surface area contributed by atoms with Gasteiger partial charge in [-0.1, -0.05) is 31.7 Å². The molecule has 0 unspecified atom stereocenters. The quantitative estimate of drug-likeness (QED) is 0.768. The molecule has 2 heterocycles. The third-order valence-corrected chi connectivity index (χ3v) is 6.66. The summed E-state index contributed by atoms with van der Waals surface area (Å²) in [4.78, 5) is 0. The standard InChI is InChI=1S/C21H28N2/c1-2-4-7-15(6-3-1)16-10-11-20-18(14-16)17-8-5-9-19-21(17)23(20)13-12-22-19/h10-11,14-15,19,22H,1-9,12-13H2/p+1/t19-/m0/s1. The third-order valence-electron chi connectivity index (χ3n) is 6.66. The molecule has 1 atom stereocenters. The SMILES string of the molecule is c1cc2c(cc1C1CCCCCC1)c1c3n2CC[NH2+][C@H]3CCC1. The van der Waals surface area contributed by atoms with Crippen LogP contribution in [0.5, 0.6) is 0 Å². The summed E-state index contributed by atoms with van der Waals surface area (Å²) in [5, 5.41) is 4.19. The first kappa shape index (κ1) is 14.1. The number of rotatable bonds is 1. The number of hydrogen-bond acceptors (Lipinski definition) is 0. The van der Waals surface area contributed by atoms with Crippen molar-refractivity contribution >= 4 is 10.9 Å². The van der Waals surface area contributed by atoms with E-state index in [4.69, 9.17) is 0 Å². The molecule has 0 spiro atoms. The van der Waals surface area contributed by atoms with Crippen molar-refractivity contribution in [3.8, 4) is 0 Å². The fourth-order valence-corrected chi connectivity index (χ4v) is 5.53. The van der Waals surface area contributed by atoms with E-state index < -0.39 is 0 Å². The molecule has 0 amide bonds. The number of nitrogens with two attached hydrogens (primary N) is 1. The van der Waals surface area contributed by atoms with E-state index in [-0.39, 0.29) is 0 Å². The van der Waals surface area contributed by atoms with Crippen molar-refractivity contribution < 1.29 is 5.32 Å². The Kier molecular flexibility index (Phi) is 3.47. The van der Waals surface area contributed by atoms with E-state index in [0.717, 1.165) is 12.0 Å².